The molecule has 0 saturated carbocycles. The Bertz CT molecular complexity index is 1490. The van der Waals surface area contributed by atoms with Gasteiger partial charge in [-0.05, 0) is 73.1 Å². The fraction of sp³-hybridized carbons (Fsp3) is 0.600. The Labute approximate surface area is 277 Å². The first-order chi connectivity index (χ1) is 22.0. The average Bonchev–Trinajstić information content (AvgIpc) is 3.25. The molecule has 3 aliphatic rings. The van der Waals surface area contributed by atoms with Crippen molar-refractivity contribution in [3.63, 3.8) is 0 Å². The molecule has 47 heavy (non-hydrogen) atoms. The third kappa shape index (κ3) is 8.26. The van der Waals surface area contributed by atoms with Crippen molar-refractivity contribution < 1.29 is 28.2 Å². The van der Waals surface area contributed by atoms with Crippen LogP contribution in [-0.2, 0) is 20.6 Å². The van der Waals surface area contributed by atoms with Crippen LogP contribution in [0.5, 0.6) is 0 Å². The standard InChI is InChI=1S/C35H49FN6O5/c1-33(2,3)46-31(43)41-13-9-12-39(14-17-41)28-20-26(38-27-21-29(45-8)35(7,36)22-25(27)28)24-10-11-30(37-23-24)40-15-18-42(19-16-40)32(44)47-34(4,5)6/h10-11,20-21,23H,9,12-19,22H2,1-8H3. The maximum atomic E-state index is 15.8. The number of methoxy groups -OCH3 is 1. The van der Waals surface area contributed by atoms with Crippen molar-refractivity contribution >= 4 is 29.8 Å². The summed E-state index contributed by atoms with van der Waals surface area (Å²) in [6.45, 7) is 17.5. The lowest BCUT2D eigenvalue weighted by Crippen LogP contribution is -2.50. The molecule has 2 aromatic heterocycles. The van der Waals surface area contributed by atoms with Crippen LogP contribution in [0.2, 0.25) is 0 Å². The van der Waals surface area contributed by atoms with E-state index in [0.29, 0.717) is 58.1 Å². The van der Waals surface area contributed by atoms with Gasteiger partial charge in [-0.15, -0.1) is 0 Å². The molecule has 0 aromatic carbocycles. The Morgan fingerprint density at radius 3 is 2.00 bits per heavy atom. The van der Waals surface area contributed by atoms with Crippen LogP contribution in [0.25, 0.3) is 17.3 Å². The number of halogens is 1. The summed E-state index contributed by atoms with van der Waals surface area (Å²) in [7, 11) is 1.48. The number of hydrogen-bond donors (Lipinski definition) is 0. The molecule has 1 atom stereocenters. The number of fused-ring (bicyclic) bond motifs is 1. The van der Waals surface area contributed by atoms with Gasteiger partial charge in [0.25, 0.3) is 0 Å². The molecule has 2 aromatic rings. The van der Waals surface area contributed by atoms with Crippen LogP contribution in [0.1, 0.15) is 66.1 Å². The molecular formula is C35H49FN6O5. The van der Waals surface area contributed by atoms with Crippen LogP contribution in [0, 0.1) is 0 Å². The Hall–Kier alpha value is -4.09. The number of carbonyl (C=O) groups excluding carboxylic acids is 2. The zero-order chi connectivity index (χ0) is 34.1. The molecule has 256 valence electrons. The van der Waals surface area contributed by atoms with Crippen LogP contribution >= 0.6 is 0 Å². The van der Waals surface area contributed by atoms with Gasteiger partial charge in [-0.3, -0.25) is 0 Å². The molecule has 0 bridgehead atoms. The van der Waals surface area contributed by atoms with E-state index < -0.39 is 16.9 Å². The second-order valence-corrected chi connectivity index (χ2v) is 14.6. The van der Waals surface area contributed by atoms with Crippen molar-refractivity contribution in [1.29, 1.82) is 0 Å². The Balaban J connectivity index is 1.38. The molecule has 0 radical (unpaired) electrons. The first-order valence-electron chi connectivity index (χ1n) is 16.4. The van der Waals surface area contributed by atoms with E-state index in [-0.39, 0.29) is 24.4 Å². The minimum Gasteiger partial charge on any atom is -0.498 e. The highest BCUT2D eigenvalue weighted by atomic mass is 19.1. The largest absolute Gasteiger partial charge is 0.498 e. The highest BCUT2D eigenvalue weighted by Gasteiger charge is 2.38. The predicted molar refractivity (Wildman–Crippen MR) is 180 cm³/mol. The van der Waals surface area contributed by atoms with E-state index in [0.717, 1.165) is 34.7 Å². The van der Waals surface area contributed by atoms with Gasteiger partial charge >= 0.3 is 12.2 Å². The summed E-state index contributed by atoms with van der Waals surface area (Å²) >= 11 is 0. The van der Waals surface area contributed by atoms with Gasteiger partial charge < -0.3 is 33.8 Å². The molecule has 0 N–H and O–H groups in total. The zero-order valence-electron chi connectivity index (χ0n) is 29.1. The fourth-order valence-corrected chi connectivity index (χ4v) is 6.11. The predicted octanol–water partition coefficient (Wildman–Crippen LogP) is 5.92. The first-order valence-corrected chi connectivity index (χ1v) is 16.4. The number of anilines is 2. The van der Waals surface area contributed by atoms with E-state index in [2.05, 4.69) is 9.80 Å². The number of alkyl halides is 1. The number of ether oxygens (including phenoxy) is 3. The van der Waals surface area contributed by atoms with E-state index in [1.807, 2.05) is 65.9 Å². The number of amides is 2. The fourth-order valence-electron chi connectivity index (χ4n) is 6.11. The van der Waals surface area contributed by atoms with E-state index in [1.54, 1.807) is 15.9 Å². The molecule has 4 heterocycles. The molecule has 1 unspecified atom stereocenters. The molecule has 0 spiro atoms. The van der Waals surface area contributed by atoms with Crippen LogP contribution in [-0.4, -0.2) is 108 Å². The summed E-state index contributed by atoms with van der Waals surface area (Å²) in [5, 5.41) is 0. The van der Waals surface area contributed by atoms with Crippen LogP contribution in [0.15, 0.2) is 30.2 Å². The monoisotopic (exact) mass is 652 g/mol. The molecule has 2 saturated heterocycles. The second-order valence-electron chi connectivity index (χ2n) is 14.6. The highest BCUT2D eigenvalue weighted by Crippen LogP contribution is 2.40. The van der Waals surface area contributed by atoms with Gasteiger partial charge in [-0.25, -0.2) is 23.9 Å². The summed E-state index contributed by atoms with van der Waals surface area (Å²) in [4.78, 5) is 42.9. The molecule has 2 aliphatic heterocycles. The van der Waals surface area contributed by atoms with Crippen molar-refractivity contribution in [2.45, 2.75) is 78.2 Å². The van der Waals surface area contributed by atoms with Crippen LogP contribution in [0.3, 0.4) is 0 Å². The summed E-state index contributed by atoms with van der Waals surface area (Å²) in [6.07, 6.45) is 3.76. The molecule has 5 rings (SSSR count). The van der Waals surface area contributed by atoms with E-state index in [4.69, 9.17) is 24.2 Å². The van der Waals surface area contributed by atoms with Crippen LogP contribution in [0.4, 0.5) is 25.5 Å². The number of allylic oxidation sites excluding steroid dienone is 1. The number of nitrogens with zero attached hydrogens (tertiary/aromatic N) is 6. The lowest BCUT2D eigenvalue weighted by Gasteiger charge is -2.36. The van der Waals surface area contributed by atoms with Gasteiger partial charge in [0.1, 0.15) is 22.8 Å². The molecule has 2 fully saturated rings. The molecule has 1 aliphatic carbocycles. The van der Waals surface area contributed by atoms with E-state index in [1.165, 1.54) is 14.0 Å². The number of piperazine rings is 1. The number of rotatable bonds is 4. The highest BCUT2D eigenvalue weighted by molar-refractivity contribution is 5.75. The lowest BCUT2D eigenvalue weighted by atomic mass is 9.87. The van der Waals surface area contributed by atoms with Crippen molar-refractivity contribution in [3.8, 4) is 11.3 Å². The van der Waals surface area contributed by atoms with Gasteiger partial charge in [0.15, 0.2) is 5.67 Å². The first kappa shape index (κ1) is 34.3. The minimum absolute atomic E-state index is 0.128. The minimum atomic E-state index is -1.68. The third-order valence-corrected chi connectivity index (χ3v) is 8.43. The Kier molecular flexibility index (Phi) is 9.62. The van der Waals surface area contributed by atoms with Gasteiger partial charge in [0.05, 0.1) is 18.5 Å². The maximum Gasteiger partial charge on any atom is 0.410 e. The number of carbonyl (C=O) groups is 2. The zero-order valence-corrected chi connectivity index (χ0v) is 29.1. The van der Waals surface area contributed by atoms with Gasteiger partial charge in [-0.2, -0.15) is 0 Å². The van der Waals surface area contributed by atoms with Gasteiger partial charge in [0, 0.05) is 87.9 Å². The smallest absolute Gasteiger partial charge is 0.410 e. The summed E-state index contributed by atoms with van der Waals surface area (Å²) in [6, 6.07) is 5.98. The van der Waals surface area contributed by atoms with Crippen molar-refractivity contribution in [2.75, 3.05) is 69.3 Å². The second kappa shape index (κ2) is 13.2. The number of hydrogen-bond acceptors (Lipinski definition) is 9. The topological polar surface area (TPSA) is 101 Å². The molecule has 11 nitrogen and oxygen atoms in total. The summed E-state index contributed by atoms with van der Waals surface area (Å²) in [5.74, 6) is 1.06. The quantitative estimate of drug-likeness (QED) is 0.399. The van der Waals surface area contributed by atoms with E-state index >= 15 is 4.39 Å². The van der Waals surface area contributed by atoms with Crippen molar-refractivity contribution in [2.24, 2.45) is 0 Å². The van der Waals surface area contributed by atoms with Gasteiger partial charge in [-0.1, -0.05) is 0 Å². The van der Waals surface area contributed by atoms with E-state index in [9.17, 15) is 9.59 Å². The molecular weight excluding hydrogens is 603 g/mol. The third-order valence-electron chi connectivity index (χ3n) is 8.43. The average molecular weight is 653 g/mol. The van der Waals surface area contributed by atoms with Crippen molar-refractivity contribution in [3.05, 3.63) is 41.4 Å². The van der Waals surface area contributed by atoms with Crippen molar-refractivity contribution in [1.82, 2.24) is 19.8 Å². The van der Waals surface area contributed by atoms with Crippen LogP contribution < -0.4 is 9.80 Å². The normalized spacial score (nSPS) is 20.7. The van der Waals surface area contributed by atoms with Gasteiger partial charge in [0.2, 0.25) is 0 Å². The summed E-state index contributed by atoms with van der Waals surface area (Å²) < 4.78 is 32.4. The maximum absolute atomic E-state index is 15.8. The lowest BCUT2D eigenvalue weighted by molar-refractivity contribution is 0.0236. The Morgan fingerprint density at radius 2 is 1.45 bits per heavy atom. The molecule has 2 amide bonds. The Morgan fingerprint density at radius 1 is 0.851 bits per heavy atom. The number of aromatic nitrogens is 2. The number of pyridine rings is 2. The summed E-state index contributed by atoms with van der Waals surface area (Å²) in [5.41, 5.74) is 1.15. The molecule has 12 heteroatoms. The SMILES string of the molecule is COC1=Cc2nc(-c3ccc(N4CCN(C(=O)OC(C)(C)C)CC4)nc3)cc(N3CCCN(C(=O)OC(C)(C)C)CC3)c2CC1(C)F.